The molecule has 66 valence electrons. The van der Waals surface area contributed by atoms with Crippen molar-refractivity contribution < 1.29 is 14.3 Å². The molecule has 2 aliphatic carbocycles. The SMILES string of the molecule is COC(=O)[C@@]12CCC(=O)C[C@H]1C2. The van der Waals surface area contributed by atoms with Crippen molar-refractivity contribution in [3.63, 3.8) is 0 Å². The first kappa shape index (κ1) is 7.77. The van der Waals surface area contributed by atoms with E-state index >= 15 is 0 Å². The zero-order chi connectivity index (χ0) is 8.77. The fourth-order valence-electron chi connectivity index (χ4n) is 2.25. The summed E-state index contributed by atoms with van der Waals surface area (Å²) in [4.78, 5) is 22.3. The van der Waals surface area contributed by atoms with Gasteiger partial charge in [0.25, 0.3) is 0 Å². The van der Waals surface area contributed by atoms with Gasteiger partial charge in [-0.2, -0.15) is 0 Å². The standard InChI is InChI=1S/C9H12O3/c1-12-8(11)9-3-2-7(10)4-6(9)5-9/h6H,2-5H2,1H3/t6-,9+/m0/s1. The molecular weight excluding hydrogens is 156 g/mol. The predicted molar refractivity (Wildman–Crippen MR) is 41.4 cm³/mol. The molecule has 0 unspecified atom stereocenters. The number of hydrogen-bond acceptors (Lipinski definition) is 3. The summed E-state index contributed by atoms with van der Waals surface area (Å²) in [7, 11) is 1.42. The van der Waals surface area contributed by atoms with Gasteiger partial charge in [0, 0.05) is 12.8 Å². The number of esters is 1. The first-order chi connectivity index (χ1) is 5.69. The summed E-state index contributed by atoms with van der Waals surface area (Å²) in [6.07, 6.45) is 2.73. The second-order valence-corrected chi connectivity index (χ2v) is 3.79. The summed E-state index contributed by atoms with van der Waals surface area (Å²) in [5.41, 5.74) is -0.247. The van der Waals surface area contributed by atoms with E-state index in [9.17, 15) is 9.59 Å². The molecule has 12 heavy (non-hydrogen) atoms. The van der Waals surface area contributed by atoms with Crippen LogP contribution in [0.4, 0.5) is 0 Å². The van der Waals surface area contributed by atoms with E-state index < -0.39 is 0 Å². The number of ether oxygens (including phenoxy) is 1. The molecule has 3 nitrogen and oxygen atoms in total. The van der Waals surface area contributed by atoms with E-state index in [1.807, 2.05) is 0 Å². The van der Waals surface area contributed by atoms with Crippen molar-refractivity contribution in [2.75, 3.05) is 7.11 Å². The average Bonchev–Trinajstić information content (AvgIpc) is 2.78. The van der Waals surface area contributed by atoms with Crippen LogP contribution in [0, 0.1) is 11.3 Å². The summed E-state index contributed by atoms with van der Waals surface area (Å²) in [6.45, 7) is 0. The molecule has 2 aliphatic rings. The van der Waals surface area contributed by atoms with Gasteiger partial charge in [-0.15, -0.1) is 0 Å². The largest absolute Gasteiger partial charge is 0.469 e. The van der Waals surface area contributed by atoms with Crippen molar-refractivity contribution in [2.24, 2.45) is 11.3 Å². The van der Waals surface area contributed by atoms with Crippen LogP contribution in [0.2, 0.25) is 0 Å². The van der Waals surface area contributed by atoms with Crippen molar-refractivity contribution in [1.82, 2.24) is 0 Å². The van der Waals surface area contributed by atoms with Crippen LogP contribution in [0.25, 0.3) is 0 Å². The molecule has 0 heterocycles. The molecule has 0 amide bonds. The summed E-state index contributed by atoms with van der Waals surface area (Å²) in [6, 6.07) is 0. The first-order valence-corrected chi connectivity index (χ1v) is 4.29. The van der Waals surface area contributed by atoms with Gasteiger partial charge in [0.05, 0.1) is 12.5 Å². The molecule has 0 aromatic heterocycles. The summed E-state index contributed by atoms with van der Waals surface area (Å²) in [5, 5.41) is 0. The Hall–Kier alpha value is -0.860. The van der Waals surface area contributed by atoms with Crippen molar-refractivity contribution in [1.29, 1.82) is 0 Å². The molecule has 0 saturated heterocycles. The second kappa shape index (κ2) is 2.31. The fraction of sp³-hybridized carbons (Fsp3) is 0.778. The Kier molecular flexibility index (Phi) is 1.50. The van der Waals surface area contributed by atoms with Crippen molar-refractivity contribution >= 4 is 11.8 Å². The van der Waals surface area contributed by atoms with Crippen LogP contribution in [0.3, 0.4) is 0 Å². The van der Waals surface area contributed by atoms with E-state index in [2.05, 4.69) is 0 Å². The molecule has 2 fully saturated rings. The predicted octanol–water partition coefficient (Wildman–Crippen LogP) is 0.919. The van der Waals surface area contributed by atoms with E-state index in [1.54, 1.807) is 0 Å². The average molecular weight is 168 g/mol. The molecule has 0 N–H and O–H groups in total. The molecule has 3 heteroatoms. The quantitative estimate of drug-likeness (QED) is 0.547. The number of carbonyl (C=O) groups is 2. The lowest BCUT2D eigenvalue weighted by Gasteiger charge is -2.18. The van der Waals surface area contributed by atoms with Crippen LogP contribution < -0.4 is 0 Å². The summed E-state index contributed by atoms with van der Waals surface area (Å²) in [5.74, 6) is 0.489. The number of hydrogen-bond donors (Lipinski definition) is 0. The topological polar surface area (TPSA) is 43.4 Å². The van der Waals surface area contributed by atoms with E-state index in [0.717, 1.165) is 6.42 Å². The molecular formula is C9H12O3. The van der Waals surface area contributed by atoms with Crippen molar-refractivity contribution in [3.05, 3.63) is 0 Å². The highest BCUT2D eigenvalue weighted by molar-refractivity contribution is 5.88. The Balaban J connectivity index is 2.09. The zero-order valence-corrected chi connectivity index (χ0v) is 7.13. The minimum atomic E-state index is -0.247. The minimum Gasteiger partial charge on any atom is -0.469 e. The van der Waals surface area contributed by atoms with Crippen LogP contribution in [0.15, 0.2) is 0 Å². The second-order valence-electron chi connectivity index (χ2n) is 3.79. The third-order valence-corrected chi connectivity index (χ3v) is 3.15. The molecule has 0 aromatic rings. The maximum absolute atomic E-state index is 11.3. The number of fused-ring (bicyclic) bond motifs is 1. The molecule has 0 aliphatic heterocycles. The van der Waals surface area contributed by atoms with Gasteiger partial charge >= 0.3 is 5.97 Å². The molecule has 0 radical (unpaired) electrons. The Labute approximate surface area is 71.1 Å². The maximum atomic E-state index is 11.3. The van der Waals surface area contributed by atoms with Crippen LogP contribution in [-0.4, -0.2) is 18.9 Å². The Morgan fingerprint density at radius 3 is 3.00 bits per heavy atom. The molecule has 2 rings (SSSR count). The highest BCUT2D eigenvalue weighted by Gasteiger charge is 2.62. The van der Waals surface area contributed by atoms with Gasteiger partial charge in [-0.05, 0) is 18.8 Å². The number of methoxy groups -OCH3 is 1. The molecule has 0 spiro atoms. The lowest BCUT2D eigenvalue weighted by atomic mass is 9.88. The van der Waals surface area contributed by atoms with E-state index in [4.69, 9.17) is 4.74 Å². The summed E-state index contributed by atoms with van der Waals surface area (Å²) >= 11 is 0. The van der Waals surface area contributed by atoms with Gasteiger partial charge in [-0.1, -0.05) is 0 Å². The van der Waals surface area contributed by atoms with Gasteiger partial charge in [-0.25, -0.2) is 0 Å². The van der Waals surface area contributed by atoms with E-state index in [0.29, 0.717) is 31.0 Å². The Morgan fingerprint density at radius 2 is 2.42 bits per heavy atom. The van der Waals surface area contributed by atoms with Crippen LogP contribution in [-0.2, 0) is 14.3 Å². The molecule has 0 bridgehead atoms. The van der Waals surface area contributed by atoms with Gasteiger partial charge in [0.15, 0.2) is 0 Å². The number of Topliss-reactive ketones (excluding diaryl/α,β-unsaturated/α-hetero) is 1. The van der Waals surface area contributed by atoms with Crippen LogP contribution in [0.5, 0.6) is 0 Å². The van der Waals surface area contributed by atoms with Gasteiger partial charge in [-0.3, -0.25) is 9.59 Å². The van der Waals surface area contributed by atoms with Gasteiger partial charge in [0.1, 0.15) is 5.78 Å². The Morgan fingerprint density at radius 1 is 1.67 bits per heavy atom. The summed E-state index contributed by atoms with van der Waals surface area (Å²) < 4.78 is 4.72. The first-order valence-electron chi connectivity index (χ1n) is 4.29. The fourth-order valence-corrected chi connectivity index (χ4v) is 2.25. The van der Waals surface area contributed by atoms with Gasteiger partial charge in [0.2, 0.25) is 0 Å². The third-order valence-electron chi connectivity index (χ3n) is 3.15. The van der Waals surface area contributed by atoms with Crippen LogP contribution >= 0.6 is 0 Å². The maximum Gasteiger partial charge on any atom is 0.312 e. The lowest BCUT2D eigenvalue weighted by Crippen LogP contribution is -2.25. The number of ketones is 1. The zero-order valence-electron chi connectivity index (χ0n) is 7.13. The van der Waals surface area contributed by atoms with Crippen molar-refractivity contribution in [3.8, 4) is 0 Å². The molecule has 0 aromatic carbocycles. The van der Waals surface area contributed by atoms with Crippen LogP contribution in [0.1, 0.15) is 25.7 Å². The normalized spacial score (nSPS) is 38.8. The lowest BCUT2D eigenvalue weighted by molar-refractivity contribution is -0.149. The van der Waals surface area contributed by atoms with E-state index in [-0.39, 0.29) is 11.4 Å². The third kappa shape index (κ3) is 0.886. The van der Waals surface area contributed by atoms with E-state index in [1.165, 1.54) is 7.11 Å². The molecule has 2 saturated carbocycles. The van der Waals surface area contributed by atoms with Gasteiger partial charge < -0.3 is 4.74 Å². The number of carbonyl (C=O) groups excluding carboxylic acids is 2. The highest BCUT2D eigenvalue weighted by Crippen LogP contribution is 2.61. The number of rotatable bonds is 1. The smallest absolute Gasteiger partial charge is 0.312 e. The Bertz CT molecular complexity index is 246. The monoisotopic (exact) mass is 168 g/mol. The minimum absolute atomic E-state index is 0.111. The highest BCUT2D eigenvalue weighted by atomic mass is 16.5. The molecule has 2 atom stereocenters. The van der Waals surface area contributed by atoms with Crippen molar-refractivity contribution in [2.45, 2.75) is 25.7 Å².